The number of nitrogens with one attached hydrogen (secondary N) is 2. The highest BCUT2D eigenvalue weighted by Gasteiger charge is 2.53. The average Bonchev–Trinajstić information content (AvgIpc) is 2.98. The van der Waals surface area contributed by atoms with Crippen molar-refractivity contribution in [1.82, 2.24) is 15.5 Å². The van der Waals surface area contributed by atoms with Crippen molar-refractivity contribution >= 4 is 17.9 Å². The second kappa shape index (κ2) is 5.91. The average molecular weight is 341 g/mol. The summed E-state index contributed by atoms with van der Waals surface area (Å²) in [4.78, 5) is 38.9. The number of carbonyl (C=O) groups excluding carboxylic acids is 3. The van der Waals surface area contributed by atoms with Crippen molar-refractivity contribution in [2.75, 3.05) is 13.2 Å². The van der Waals surface area contributed by atoms with Gasteiger partial charge in [-0.15, -0.1) is 0 Å². The lowest BCUT2D eigenvalue weighted by Gasteiger charge is -2.46. The van der Waals surface area contributed by atoms with E-state index in [0.717, 1.165) is 12.0 Å². The third-order valence-electron chi connectivity index (χ3n) is 4.98. The van der Waals surface area contributed by atoms with Crippen LogP contribution in [0.3, 0.4) is 0 Å². The van der Waals surface area contributed by atoms with Crippen LogP contribution in [0.4, 0.5) is 4.79 Å². The molecule has 3 amide bonds. The summed E-state index contributed by atoms with van der Waals surface area (Å²) in [6.45, 7) is 2.64. The molecule has 7 heteroatoms. The van der Waals surface area contributed by atoms with Crippen LogP contribution in [-0.2, 0) is 14.3 Å². The lowest BCUT2D eigenvalue weighted by atomic mass is 9.74. The SMILES string of the molecule is CCCN1C(=O)NC(=O)C2C(c3ccccc3)C3=C(COC3=O)NC21. The Morgan fingerprint density at radius 3 is 2.68 bits per heavy atom. The molecule has 3 aliphatic rings. The summed E-state index contributed by atoms with van der Waals surface area (Å²) in [7, 11) is 0. The zero-order chi connectivity index (χ0) is 17.6. The highest BCUT2D eigenvalue weighted by Crippen LogP contribution is 2.43. The summed E-state index contributed by atoms with van der Waals surface area (Å²) >= 11 is 0. The van der Waals surface area contributed by atoms with Gasteiger partial charge in [-0.25, -0.2) is 9.59 Å². The highest BCUT2D eigenvalue weighted by molar-refractivity contribution is 6.02. The number of rotatable bonds is 3. The number of hydrogen-bond acceptors (Lipinski definition) is 5. The van der Waals surface area contributed by atoms with Crippen molar-refractivity contribution in [3.63, 3.8) is 0 Å². The molecule has 1 aromatic rings. The molecule has 0 radical (unpaired) electrons. The van der Waals surface area contributed by atoms with Gasteiger partial charge in [-0.3, -0.25) is 10.1 Å². The Bertz CT molecular complexity index is 774. The van der Waals surface area contributed by atoms with Crippen molar-refractivity contribution in [1.29, 1.82) is 0 Å². The van der Waals surface area contributed by atoms with Gasteiger partial charge < -0.3 is 15.0 Å². The lowest BCUT2D eigenvalue weighted by molar-refractivity contribution is -0.136. The number of ether oxygens (including phenoxy) is 1. The van der Waals surface area contributed by atoms with E-state index in [-0.39, 0.29) is 12.5 Å². The molecule has 4 rings (SSSR count). The summed E-state index contributed by atoms with van der Waals surface area (Å²) < 4.78 is 5.20. The van der Waals surface area contributed by atoms with Crippen molar-refractivity contribution in [3.05, 3.63) is 47.2 Å². The van der Waals surface area contributed by atoms with E-state index in [1.165, 1.54) is 0 Å². The summed E-state index contributed by atoms with van der Waals surface area (Å²) in [6.07, 6.45) is 0.281. The van der Waals surface area contributed by atoms with Gasteiger partial charge >= 0.3 is 12.0 Å². The van der Waals surface area contributed by atoms with Crippen molar-refractivity contribution in [3.8, 4) is 0 Å². The quantitative estimate of drug-likeness (QED) is 0.804. The smallest absolute Gasteiger partial charge is 0.336 e. The number of benzene rings is 1. The Morgan fingerprint density at radius 2 is 1.96 bits per heavy atom. The minimum Gasteiger partial charge on any atom is -0.456 e. The fraction of sp³-hybridized carbons (Fsp3) is 0.389. The topological polar surface area (TPSA) is 87.7 Å². The molecule has 3 heterocycles. The van der Waals surface area contributed by atoms with Crippen LogP contribution in [0.2, 0.25) is 0 Å². The Kier molecular flexibility index (Phi) is 3.71. The van der Waals surface area contributed by atoms with Gasteiger partial charge in [0, 0.05) is 12.5 Å². The molecule has 0 aliphatic carbocycles. The summed E-state index contributed by atoms with van der Waals surface area (Å²) in [5.41, 5.74) is 2.03. The Morgan fingerprint density at radius 1 is 1.20 bits per heavy atom. The highest BCUT2D eigenvalue weighted by atomic mass is 16.5. The molecule has 0 aromatic heterocycles. The standard InChI is InChI=1S/C18H19N3O4/c1-2-8-21-15-14(16(22)20-18(21)24)12(10-6-4-3-5-7-10)13-11(19-15)9-25-17(13)23/h3-7,12,14-15,19H,2,8-9H2,1H3,(H,20,22,24). The molecule has 0 spiro atoms. The first kappa shape index (κ1) is 15.7. The van der Waals surface area contributed by atoms with Crippen LogP contribution in [0, 0.1) is 5.92 Å². The van der Waals surface area contributed by atoms with Crippen LogP contribution in [0.1, 0.15) is 24.8 Å². The largest absolute Gasteiger partial charge is 0.456 e. The minimum absolute atomic E-state index is 0.149. The maximum atomic E-state index is 12.7. The Labute approximate surface area is 145 Å². The molecule has 3 atom stereocenters. The first-order valence-electron chi connectivity index (χ1n) is 8.45. The predicted octanol–water partition coefficient (Wildman–Crippen LogP) is 1.09. The molecule has 3 aliphatic heterocycles. The van der Waals surface area contributed by atoms with Gasteiger partial charge in [0.2, 0.25) is 5.91 Å². The normalized spacial score (nSPS) is 28.1. The molecule has 1 saturated heterocycles. The molecule has 0 bridgehead atoms. The van der Waals surface area contributed by atoms with E-state index in [9.17, 15) is 14.4 Å². The molecule has 3 unspecified atom stereocenters. The van der Waals surface area contributed by atoms with Crippen molar-refractivity contribution < 1.29 is 19.1 Å². The molecule has 1 fully saturated rings. The molecular formula is C18H19N3O4. The third-order valence-corrected chi connectivity index (χ3v) is 4.98. The van der Waals surface area contributed by atoms with Crippen LogP contribution >= 0.6 is 0 Å². The molecule has 2 N–H and O–H groups in total. The van der Waals surface area contributed by atoms with Gasteiger partial charge in [0.05, 0.1) is 17.2 Å². The number of carbonyl (C=O) groups is 3. The first-order valence-corrected chi connectivity index (χ1v) is 8.45. The fourth-order valence-corrected chi connectivity index (χ4v) is 3.95. The molecule has 7 nitrogen and oxygen atoms in total. The summed E-state index contributed by atoms with van der Waals surface area (Å²) in [6, 6.07) is 9.04. The van der Waals surface area contributed by atoms with Crippen LogP contribution in [0.15, 0.2) is 41.6 Å². The number of hydrogen-bond donors (Lipinski definition) is 2. The van der Waals surface area contributed by atoms with Crippen LogP contribution in [-0.4, -0.2) is 42.1 Å². The van der Waals surface area contributed by atoms with Crippen LogP contribution < -0.4 is 10.6 Å². The minimum atomic E-state index is -0.587. The van der Waals surface area contributed by atoms with Gasteiger partial charge in [-0.2, -0.15) is 0 Å². The number of nitrogens with zero attached hydrogens (tertiary/aromatic N) is 1. The Balaban J connectivity index is 1.85. The molecular weight excluding hydrogens is 322 g/mol. The first-order chi connectivity index (χ1) is 12.1. The van der Waals surface area contributed by atoms with E-state index in [0.29, 0.717) is 17.8 Å². The van der Waals surface area contributed by atoms with Gasteiger partial charge in [0.25, 0.3) is 0 Å². The molecule has 1 aromatic carbocycles. The number of esters is 1. The summed E-state index contributed by atoms with van der Waals surface area (Å²) in [5, 5.41) is 5.66. The van der Waals surface area contributed by atoms with E-state index in [1.807, 2.05) is 37.3 Å². The van der Waals surface area contributed by atoms with E-state index in [4.69, 9.17) is 4.74 Å². The molecule has 0 saturated carbocycles. The van der Waals surface area contributed by atoms with E-state index >= 15 is 0 Å². The van der Waals surface area contributed by atoms with Gasteiger partial charge in [-0.05, 0) is 12.0 Å². The fourth-order valence-electron chi connectivity index (χ4n) is 3.95. The Hall–Kier alpha value is -2.83. The monoisotopic (exact) mass is 341 g/mol. The van der Waals surface area contributed by atoms with Crippen molar-refractivity contribution in [2.45, 2.75) is 25.4 Å². The number of amides is 3. The second-order valence-corrected chi connectivity index (χ2v) is 6.46. The number of imide groups is 1. The van der Waals surface area contributed by atoms with Gasteiger partial charge in [-0.1, -0.05) is 37.3 Å². The molecule has 130 valence electrons. The van der Waals surface area contributed by atoms with E-state index in [2.05, 4.69) is 10.6 Å². The zero-order valence-corrected chi connectivity index (χ0v) is 13.8. The maximum Gasteiger partial charge on any atom is 0.336 e. The van der Waals surface area contributed by atoms with Crippen LogP contribution in [0.5, 0.6) is 0 Å². The van der Waals surface area contributed by atoms with E-state index < -0.39 is 30.0 Å². The zero-order valence-electron chi connectivity index (χ0n) is 13.8. The lowest BCUT2D eigenvalue weighted by Crippen LogP contribution is -2.67. The van der Waals surface area contributed by atoms with Gasteiger partial charge in [0.1, 0.15) is 12.8 Å². The van der Waals surface area contributed by atoms with E-state index in [1.54, 1.807) is 4.90 Å². The number of urea groups is 1. The second-order valence-electron chi connectivity index (χ2n) is 6.46. The van der Waals surface area contributed by atoms with Gasteiger partial charge in [0.15, 0.2) is 0 Å². The number of fused-ring (bicyclic) bond motifs is 1. The number of cyclic esters (lactones) is 1. The predicted molar refractivity (Wildman–Crippen MR) is 88.1 cm³/mol. The maximum absolute atomic E-state index is 12.7. The van der Waals surface area contributed by atoms with Crippen LogP contribution in [0.25, 0.3) is 0 Å². The molecule has 25 heavy (non-hydrogen) atoms. The third kappa shape index (κ3) is 2.38. The van der Waals surface area contributed by atoms with Crippen molar-refractivity contribution in [2.24, 2.45) is 5.92 Å². The summed E-state index contributed by atoms with van der Waals surface area (Å²) in [5.74, 6) is -1.79.